The van der Waals surface area contributed by atoms with Gasteiger partial charge in [-0.1, -0.05) is 23.7 Å². The Labute approximate surface area is 129 Å². The molecule has 118 valence electrons. The molecule has 2 rings (SSSR count). The van der Waals surface area contributed by atoms with Crippen LogP contribution in [-0.2, 0) is 15.8 Å². The van der Waals surface area contributed by atoms with Gasteiger partial charge in [-0.05, 0) is 12.1 Å². The van der Waals surface area contributed by atoms with E-state index in [1.807, 2.05) is 0 Å². The average molecular weight is 352 g/mol. The van der Waals surface area contributed by atoms with Gasteiger partial charge in [0.1, 0.15) is 11.2 Å². The maximum absolute atomic E-state index is 14.6. The number of nitrogens with zero attached hydrogens (tertiary/aromatic N) is 2. The topological polar surface area (TPSA) is 72.0 Å². The van der Waals surface area contributed by atoms with E-state index in [0.717, 1.165) is 30.9 Å². The Morgan fingerprint density at radius 3 is 2.18 bits per heavy atom. The van der Waals surface area contributed by atoms with Crippen molar-refractivity contribution in [3.63, 3.8) is 0 Å². The number of rotatable bonds is 5. The first-order chi connectivity index (χ1) is 10.3. The number of halogens is 4. The van der Waals surface area contributed by atoms with Crippen LogP contribution in [0.4, 0.5) is 13.2 Å². The van der Waals surface area contributed by atoms with Crippen LogP contribution in [0.25, 0.3) is 0 Å². The molecule has 1 atom stereocenters. The summed E-state index contributed by atoms with van der Waals surface area (Å²) in [5, 5.41) is 0.194. The summed E-state index contributed by atoms with van der Waals surface area (Å²) >= 11 is 5.61. The standard InChI is InChI=1S/C12H9ClF3N3O2S/c13-9-3-1-8(2-4-9)12(16,11(14)15)19-22(20,21)10-5-17-7-18-6-10/h1-7,11,19H. The molecule has 0 spiro atoms. The number of aromatic nitrogens is 2. The smallest absolute Gasteiger partial charge is 0.243 e. The van der Waals surface area contributed by atoms with E-state index in [1.165, 1.54) is 16.9 Å². The fourth-order valence-corrected chi connectivity index (χ4v) is 2.84. The molecule has 0 saturated heterocycles. The first-order valence-electron chi connectivity index (χ1n) is 5.78. The van der Waals surface area contributed by atoms with Gasteiger partial charge in [-0.25, -0.2) is 31.6 Å². The fraction of sp³-hybridized carbons (Fsp3) is 0.167. The minimum absolute atomic E-state index is 0.194. The van der Waals surface area contributed by atoms with Crippen LogP contribution in [0.5, 0.6) is 0 Å². The van der Waals surface area contributed by atoms with E-state index >= 15 is 0 Å². The number of alkyl halides is 3. The second-order valence-corrected chi connectivity index (χ2v) is 6.32. The van der Waals surface area contributed by atoms with Crippen molar-refractivity contribution >= 4 is 21.6 Å². The lowest BCUT2D eigenvalue weighted by Crippen LogP contribution is -2.47. The summed E-state index contributed by atoms with van der Waals surface area (Å²) in [6.45, 7) is 0. The van der Waals surface area contributed by atoms with Crippen molar-refractivity contribution in [2.24, 2.45) is 0 Å². The van der Waals surface area contributed by atoms with Crippen molar-refractivity contribution < 1.29 is 21.6 Å². The Balaban J connectivity index is 2.43. The normalized spacial score (nSPS) is 14.8. The third-order valence-corrected chi connectivity index (χ3v) is 4.34. The van der Waals surface area contributed by atoms with Crippen LogP contribution in [0.2, 0.25) is 5.02 Å². The minimum Gasteiger partial charge on any atom is -0.243 e. The molecule has 2 aromatic rings. The van der Waals surface area contributed by atoms with E-state index in [9.17, 15) is 21.6 Å². The van der Waals surface area contributed by atoms with Crippen LogP contribution in [0.1, 0.15) is 5.56 Å². The molecular weight excluding hydrogens is 343 g/mol. The summed E-state index contributed by atoms with van der Waals surface area (Å²) < 4.78 is 66.3. The predicted molar refractivity (Wildman–Crippen MR) is 72.6 cm³/mol. The van der Waals surface area contributed by atoms with E-state index in [-0.39, 0.29) is 5.02 Å². The molecule has 1 aromatic carbocycles. The van der Waals surface area contributed by atoms with Gasteiger partial charge < -0.3 is 0 Å². The van der Waals surface area contributed by atoms with Gasteiger partial charge in [0.05, 0.1) is 12.4 Å². The zero-order chi connectivity index (χ0) is 16.4. The highest BCUT2D eigenvalue weighted by Gasteiger charge is 2.46. The highest BCUT2D eigenvalue weighted by molar-refractivity contribution is 7.89. The zero-order valence-electron chi connectivity index (χ0n) is 10.7. The summed E-state index contributed by atoms with van der Waals surface area (Å²) in [6.07, 6.45) is -0.867. The predicted octanol–water partition coefficient (Wildman–Crippen LogP) is 2.50. The molecular formula is C12H9ClF3N3O2S. The van der Waals surface area contributed by atoms with Gasteiger partial charge in [-0.3, -0.25) is 0 Å². The van der Waals surface area contributed by atoms with Gasteiger partial charge in [0, 0.05) is 10.6 Å². The lowest BCUT2D eigenvalue weighted by Gasteiger charge is -2.25. The maximum atomic E-state index is 14.6. The number of nitrogens with one attached hydrogen (secondary N) is 1. The van der Waals surface area contributed by atoms with Crippen molar-refractivity contribution in [1.29, 1.82) is 0 Å². The van der Waals surface area contributed by atoms with E-state index < -0.39 is 32.7 Å². The Hall–Kier alpha value is -1.71. The molecule has 0 saturated carbocycles. The SMILES string of the molecule is O=S(=O)(NC(F)(c1ccc(Cl)cc1)C(F)F)c1cncnc1. The number of sulfonamides is 1. The van der Waals surface area contributed by atoms with Crippen LogP contribution in [0.15, 0.2) is 47.9 Å². The molecule has 1 heterocycles. The summed E-state index contributed by atoms with van der Waals surface area (Å²) in [5.74, 6) is -3.61. The monoisotopic (exact) mass is 351 g/mol. The molecule has 1 unspecified atom stereocenters. The van der Waals surface area contributed by atoms with Crippen molar-refractivity contribution in [3.8, 4) is 0 Å². The Kier molecular flexibility index (Phi) is 4.69. The molecule has 1 N–H and O–H groups in total. The second-order valence-electron chi connectivity index (χ2n) is 4.20. The minimum atomic E-state index is -4.58. The molecule has 0 radical (unpaired) electrons. The Morgan fingerprint density at radius 1 is 1.14 bits per heavy atom. The maximum Gasteiger partial charge on any atom is 0.290 e. The summed E-state index contributed by atoms with van der Waals surface area (Å²) in [5.41, 5.74) is -0.577. The first-order valence-corrected chi connectivity index (χ1v) is 7.64. The highest BCUT2D eigenvalue weighted by atomic mass is 35.5. The molecule has 10 heteroatoms. The summed E-state index contributed by atoms with van der Waals surface area (Å²) in [4.78, 5) is 6.37. The van der Waals surface area contributed by atoms with Gasteiger partial charge in [0.2, 0.25) is 10.0 Å². The van der Waals surface area contributed by atoms with Crippen LogP contribution >= 0.6 is 11.6 Å². The van der Waals surface area contributed by atoms with Gasteiger partial charge in [0.15, 0.2) is 0 Å². The Morgan fingerprint density at radius 2 is 1.68 bits per heavy atom. The van der Waals surface area contributed by atoms with Crippen LogP contribution in [-0.4, -0.2) is 24.8 Å². The molecule has 0 fully saturated rings. The van der Waals surface area contributed by atoms with Gasteiger partial charge >= 0.3 is 0 Å². The highest BCUT2D eigenvalue weighted by Crippen LogP contribution is 2.32. The first kappa shape index (κ1) is 16.7. The molecule has 0 aliphatic heterocycles. The zero-order valence-corrected chi connectivity index (χ0v) is 12.3. The quantitative estimate of drug-likeness (QED) is 0.840. The third kappa shape index (κ3) is 3.37. The van der Waals surface area contributed by atoms with Crippen molar-refractivity contribution in [1.82, 2.24) is 14.7 Å². The molecule has 5 nitrogen and oxygen atoms in total. The van der Waals surface area contributed by atoms with E-state index in [2.05, 4.69) is 9.97 Å². The van der Waals surface area contributed by atoms with E-state index in [1.54, 1.807) is 0 Å². The second kappa shape index (κ2) is 6.19. The van der Waals surface area contributed by atoms with E-state index in [0.29, 0.717) is 0 Å². The lowest BCUT2D eigenvalue weighted by molar-refractivity contribution is -0.0474. The molecule has 1 aromatic heterocycles. The average Bonchev–Trinajstić information content (AvgIpc) is 2.48. The number of benzene rings is 1. The van der Waals surface area contributed by atoms with Crippen molar-refractivity contribution in [2.45, 2.75) is 17.1 Å². The lowest BCUT2D eigenvalue weighted by atomic mass is 10.1. The summed E-state index contributed by atoms with van der Waals surface area (Å²) in [6, 6.07) is 4.29. The van der Waals surface area contributed by atoms with Gasteiger partial charge in [0.25, 0.3) is 12.2 Å². The van der Waals surface area contributed by atoms with Crippen molar-refractivity contribution in [2.75, 3.05) is 0 Å². The van der Waals surface area contributed by atoms with Crippen molar-refractivity contribution in [3.05, 3.63) is 53.6 Å². The van der Waals surface area contributed by atoms with Gasteiger partial charge in [-0.2, -0.15) is 4.72 Å². The molecule has 0 amide bonds. The molecule has 0 bridgehead atoms. The van der Waals surface area contributed by atoms with Crippen LogP contribution in [0.3, 0.4) is 0 Å². The van der Waals surface area contributed by atoms with Crippen LogP contribution in [0, 0.1) is 0 Å². The third-order valence-electron chi connectivity index (χ3n) is 2.70. The number of hydrogen-bond donors (Lipinski definition) is 1. The number of hydrogen-bond acceptors (Lipinski definition) is 4. The Bertz CT molecular complexity index is 744. The molecule has 0 aliphatic rings. The van der Waals surface area contributed by atoms with Crippen LogP contribution < -0.4 is 4.72 Å². The molecule has 22 heavy (non-hydrogen) atoms. The molecule has 0 aliphatic carbocycles. The fourth-order valence-electron chi connectivity index (χ4n) is 1.60. The van der Waals surface area contributed by atoms with E-state index in [4.69, 9.17) is 11.6 Å². The summed E-state index contributed by atoms with van der Waals surface area (Å²) in [7, 11) is -4.58. The largest absolute Gasteiger partial charge is 0.290 e. The van der Waals surface area contributed by atoms with Gasteiger partial charge in [-0.15, -0.1) is 0 Å².